The zero-order valence-corrected chi connectivity index (χ0v) is 13.0. The lowest BCUT2D eigenvalue weighted by Crippen LogP contribution is -2.12. The molecule has 1 amide bonds. The molecule has 0 aromatic heterocycles. The fourth-order valence-corrected chi connectivity index (χ4v) is 2.10. The van der Waals surface area contributed by atoms with Gasteiger partial charge in [0.25, 0.3) is 5.91 Å². The molecule has 0 saturated heterocycles. The highest BCUT2D eigenvalue weighted by Crippen LogP contribution is 2.25. The quantitative estimate of drug-likeness (QED) is 0.802. The minimum Gasteiger partial charge on any atom is -0.495 e. The van der Waals surface area contributed by atoms with Crippen LogP contribution in [0, 0.1) is 3.57 Å². The lowest BCUT2D eigenvalue weighted by atomic mass is 10.2. The van der Waals surface area contributed by atoms with Gasteiger partial charge in [0.15, 0.2) is 0 Å². The maximum absolute atomic E-state index is 12.1. The molecule has 0 radical (unpaired) electrons. The van der Waals surface area contributed by atoms with Crippen LogP contribution in [0.2, 0.25) is 5.02 Å². The number of nitrogens with one attached hydrogen (secondary N) is 1. The monoisotopic (exact) mass is 387 g/mol. The smallest absolute Gasteiger partial charge is 0.255 e. The van der Waals surface area contributed by atoms with Crippen molar-refractivity contribution in [3.63, 3.8) is 0 Å². The molecule has 0 fully saturated rings. The molecule has 0 bridgehead atoms. The van der Waals surface area contributed by atoms with Crippen LogP contribution in [0.25, 0.3) is 0 Å². The zero-order chi connectivity index (χ0) is 13.8. The zero-order valence-electron chi connectivity index (χ0n) is 10.1. The Hall–Kier alpha value is -1.27. The van der Waals surface area contributed by atoms with Gasteiger partial charge in [-0.15, -0.1) is 0 Å². The number of hydrogen-bond acceptors (Lipinski definition) is 2. The van der Waals surface area contributed by atoms with Crippen LogP contribution >= 0.6 is 34.2 Å². The average Bonchev–Trinajstić information content (AvgIpc) is 2.42. The van der Waals surface area contributed by atoms with Gasteiger partial charge in [-0.1, -0.05) is 23.7 Å². The van der Waals surface area contributed by atoms with Crippen LogP contribution in [0.15, 0.2) is 42.5 Å². The molecule has 0 atom stereocenters. The molecule has 2 aromatic carbocycles. The molecular formula is C14H11ClINO2. The fraction of sp³-hybridized carbons (Fsp3) is 0.0714. The number of rotatable bonds is 3. The lowest BCUT2D eigenvalue weighted by molar-refractivity contribution is 0.102. The number of amides is 1. The number of halogens is 2. The molecule has 0 aliphatic heterocycles. The van der Waals surface area contributed by atoms with E-state index in [2.05, 4.69) is 27.9 Å². The van der Waals surface area contributed by atoms with Crippen molar-refractivity contribution in [1.82, 2.24) is 0 Å². The number of hydrogen-bond donors (Lipinski definition) is 1. The summed E-state index contributed by atoms with van der Waals surface area (Å²) in [6, 6.07) is 12.4. The van der Waals surface area contributed by atoms with E-state index in [1.165, 1.54) is 0 Å². The van der Waals surface area contributed by atoms with E-state index >= 15 is 0 Å². The molecule has 0 unspecified atom stereocenters. The first kappa shape index (κ1) is 14.1. The Bertz CT molecular complexity index is 616. The van der Waals surface area contributed by atoms with Gasteiger partial charge in [-0.3, -0.25) is 4.79 Å². The molecule has 1 N–H and O–H groups in total. The predicted octanol–water partition coefficient (Wildman–Crippen LogP) is 4.21. The van der Waals surface area contributed by atoms with Gasteiger partial charge in [-0.25, -0.2) is 0 Å². The topological polar surface area (TPSA) is 38.3 Å². The molecule has 3 nitrogen and oxygen atoms in total. The van der Waals surface area contributed by atoms with Crippen LogP contribution in [-0.2, 0) is 0 Å². The molecule has 0 heterocycles. The van der Waals surface area contributed by atoms with Crippen molar-refractivity contribution in [2.24, 2.45) is 0 Å². The van der Waals surface area contributed by atoms with E-state index in [-0.39, 0.29) is 5.91 Å². The molecule has 98 valence electrons. The summed E-state index contributed by atoms with van der Waals surface area (Å²) in [7, 11) is 1.56. The van der Waals surface area contributed by atoms with Crippen molar-refractivity contribution >= 4 is 45.8 Å². The number of para-hydroxylation sites is 2. The van der Waals surface area contributed by atoms with Crippen LogP contribution in [0.3, 0.4) is 0 Å². The van der Waals surface area contributed by atoms with Gasteiger partial charge in [-0.2, -0.15) is 0 Å². The van der Waals surface area contributed by atoms with Crippen molar-refractivity contribution in [1.29, 1.82) is 0 Å². The van der Waals surface area contributed by atoms with E-state index < -0.39 is 0 Å². The van der Waals surface area contributed by atoms with E-state index in [1.54, 1.807) is 37.4 Å². The normalized spacial score (nSPS) is 10.1. The van der Waals surface area contributed by atoms with Gasteiger partial charge in [0.05, 0.1) is 17.8 Å². The number of ether oxygens (including phenoxy) is 1. The Morgan fingerprint density at radius 3 is 2.68 bits per heavy atom. The molecule has 2 rings (SSSR count). The van der Waals surface area contributed by atoms with Gasteiger partial charge >= 0.3 is 0 Å². The summed E-state index contributed by atoms with van der Waals surface area (Å²) in [6.45, 7) is 0. The third-order valence-electron chi connectivity index (χ3n) is 2.54. The third kappa shape index (κ3) is 3.39. The Morgan fingerprint density at radius 1 is 1.26 bits per heavy atom. The molecule has 0 saturated carbocycles. The second kappa shape index (κ2) is 6.25. The Labute approximate surface area is 130 Å². The first-order chi connectivity index (χ1) is 9.11. The molecule has 0 aliphatic carbocycles. The minimum absolute atomic E-state index is 0.220. The maximum Gasteiger partial charge on any atom is 0.255 e. The largest absolute Gasteiger partial charge is 0.495 e. The first-order valence-electron chi connectivity index (χ1n) is 5.51. The summed E-state index contributed by atoms with van der Waals surface area (Å²) in [5.41, 5.74) is 1.14. The minimum atomic E-state index is -0.220. The summed E-state index contributed by atoms with van der Waals surface area (Å²) < 4.78 is 6.09. The van der Waals surface area contributed by atoms with Crippen molar-refractivity contribution in [2.45, 2.75) is 0 Å². The van der Waals surface area contributed by atoms with Gasteiger partial charge < -0.3 is 10.1 Å². The van der Waals surface area contributed by atoms with Crippen LogP contribution in [0.5, 0.6) is 5.75 Å². The lowest BCUT2D eigenvalue weighted by Gasteiger charge is -2.10. The molecular weight excluding hydrogens is 377 g/mol. The Kier molecular flexibility index (Phi) is 4.66. The van der Waals surface area contributed by atoms with Gasteiger partial charge in [0, 0.05) is 9.13 Å². The highest BCUT2D eigenvalue weighted by molar-refractivity contribution is 14.1. The summed E-state index contributed by atoms with van der Waals surface area (Å²) in [5.74, 6) is 0.398. The fourth-order valence-electron chi connectivity index (χ4n) is 1.58. The summed E-state index contributed by atoms with van der Waals surface area (Å²) in [4.78, 5) is 12.1. The number of carbonyl (C=O) groups excluding carboxylic acids is 1. The summed E-state index contributed by atoms with van der Waals surface area (Å²) in [5, 5.41) is 3.36. The van der Waals surface area contributed by atoms with Gasteiger partial charge in [0.2, 0.25) is 0 Å². The number of benzene rings is 2. The van der Waals surface area contributed by atoms with E-state index in [0.29, 0.717) is 22.0 Å². The van der Waals surface area contributed by atoms with Gasteiger partial charge in [-0.05, 0) is 52.9 Å². The Morgan fingerprint density at radius 2 is 2.00 bits per heavy atom. The van der Waals surface area contributed by atoms with Gasteiger partial charge in [0.1, 0.15) is 5.75 Å². The molecule has 5 heteroatoms. The van der Waals surface area contributed by atoms with Crippen molar-refractivity contribution in [3.8, 4) is 5.75 Å². The summed E-state index contributed by atoms with van der Waals surface area (Å²) in [6.07, 6.45) is 0. The highest BCUT2D eigenvalue weighted by atomic mass is 127. The van der Waals surface area contributed by atoms with E-state index in [1.807, 2.05) is 12.1 Å². The van der Waals surface area contributed by atoms with E-state index in [4.69, 9.17) is 16.3 Å². The maximum atomic E-state index is 12.1. The number of methoxy groups -OCH3 is 1. The highest BCUT2D eigenvalue weighted by Gasteiger charge is 2.10. The average molecular weight is 388 g/mol. The second-order valence-corrected chi connectivity index (χ2v) is 5.35. The van der Waals surface area contributed by atoms with E-state index in [0.717, 1.165) is 3.57 Å². The second-order valence-electron chi connectivity index (χ2n) is 3.78. The van der Waals surface area contributed by atoms with Crippen LogP contribution < -0.4 is 10.1 Å². The predicted molar refractivity (Wildman–Crippen MR) is 85.1 cm³/mol. The van der Waals surface area contributed by atoms with Crippen LogP contribution in [0.4, 0.5) is 5.69 Å². The van der Waals surface area contributed by atoms with E-state index in [9.17, 15) is 4.79 Å². The van der Waals surface area contributed by atoms with Crippen molar-refractivity contribution < 1.29 is 9.53 Å². The molecule has 2 aromatic rings. The Balaban J connectivity index is 2.23. The molecule has 0 aliphatic rings. The molecule has 19 heavy (non-hydrogen) atoms. The van der Waals surface area contributed by atoms with Crippen molar-refractivity contribution in [2.75, 3.05) is 12.4 Å². The SMILES string of the molecule is COc1ccccc1NC(=O)c1ccc(I)c(Cl)c1. The van der Waals surface area contributed by atoms with Crippen LogP contribution in [0.1, 0.15) is 10.4 Å². The number of carbonyl (C=O) groups is 1. The molecule has 0 spiro atoms. The standard InChI is InChI=1S/C14H11ClINO2/c1-19-13-5-3-2-4-12(13)17-14(18)9-6-7-11(16)10(15)8-9/h2-8H,1H3,(H,17,18). The summed E-state index contributed by atoms with van der Waals surface area (Å²) >= 11 is 8.12. The third-order valence-corrected chi connectivity index (χ3v) is 4.11. The first-order valence-corrected chi connectivity index (χ1v) is 6.97. The van der Waals surface area contributed by atoms with Crippen molar-refractivity contribution in [3.05, 3.63) is 56.6 Å². The number of anilines is 1. The van der Waals surface area contributed by atoms with Crippen LogP contribution in [-0.4, -0.2) is 13.0 Å².